The maximum absolute atomic E-state index is 13.6. The zero-order valence-corrected chi connectivity index (χ0v) is 21.9. The van der Waals surface area contributed by atoms with Crippen LogP contribution in [0, 0.1) is 6.92 Å². The number of nitrogens with one attached hydrogen (secondary N) is 1. The number of para-hydroxylation sites is 3. The van der Waals surface area contributed by atoms with Gasteiger partial charge in [-0.2, -0.15) is 15.2 Å². The van der Waals surface area contributed by atoms with Crippen molar-refractivity contribution in [1.29, 1.82) is 0 Å². The number of hydrogen-bond donors (Lipinski definition) is 1. The molecule has 1 aliphatic rings. The van der Waals surface area contributed by atoms with Gasteiger partial charge >= 0.3 is 5.91 Å². The van der Waals surface area contributed by atoms with Gasteiger partial charge in [-0.1, -0.05) is 48.5 Å². The molecule has 6 rings (SSSR count). The second-order valence-corrected chi connectivity index (χ2v) is 9.22. The summed E-state index contributed by atoms with van der Waals surface area (Å²) in [5.41, 5.74) is 4.95. The lowest BCUT2D eigenvalue weighted by atomic mass is 10.2. The number of anilines is 2. The van der Waals surface area contributed by atoms with Gasteiger partial charge in [-0.05, 0) is 50.2 Å². The van der Waals surface area contributed by atoms with Gasteiger partial charge in [-0.25, -0.2) is 14.2 Å². The molecule has 3 heterocycles. The predicted octanol–water partition coefficient (Wildman–Crippen LogP) is 3.37. The molecular formula is C29H24N8O3. The standard InChI is InChI=1S/C29H24N8O3/c1-18-24(31-32-25-19(2)34(3)37(28(25)40)21-14-8-5-9-15-21)27(39)36(33-18)29-30-23-17-11-10-16-22(23)26(38)35(29)20-12-6-4-7-13-20/h4-17,32H,1-3H3/b31-24-. The van der Waals surface area contributed by atoms with Crippen molar-refractivity contribution in [3.63, 3.8) is 0 Å². The molecule has 1 amide bonds. The van der Waals surface area contributed by atoms with Crippen LogP contribution >= 0.6 is 0 Å². The number of amides is 1. The number of hydrogen-bond acceptors (Lipinski definition) is 7. The Morgan fingerprint density at radius 1 is 0.775 bits per heavy atom. The molecule has 0 atom stereocenters. The Hall–Kier alpha value is -5.58. The number of aromatic nitrogens is 4. The first kappa shape index (κ1) is 24.7. The summed E-state index contributed by atoms with van der Waals surface area (Å²) in [6.07, 6.45) is 0. The van der Waals surface area contributed by atoms with Crippen molar-refractivity contribution in [2.45, 2.75) is 13.8 Å². The number of nitrogens with zero attached hydrogens (tertiary/aromatic N) is 7. The van der Waals surface area contributed by atoms with Crippen molar-refractivity contribution >= 4 is 39.9 Å². The van der Waals surface area contributed by atoms with Gasteiger partial charge in [-0.15, -0.1) is 0 Å². The van der Waals surface area contributed by atoms with E-state index in [9.17, 15) is 14.4 Å². The molecular weight excluding hydrogens is 508 g/mol. The van der Waals surface area contributed by atoms with Gasteiger partial charge in [0.1, 0.15) is 5.69 Å². The number of benzene rings is 3. The number of rotatable bonds is 5. The van der Waals surface area contributed by atoms with Crippen LogP contribution < -0.4 is 21.6 Å². The molecule has 3 aromatic carbocycles. The van der Waals surface area contributed by atoms with Crippen LogP contribution in [0.15, 0.2) is 105 Å². The SMILES string of the molecule is CC1=NN(c2nc3ccccc3c(=O)n2-c2ccccc2)C(=O)/C1=N\Nc1c(C)n(C)n(-c2ccccc2)c1=O. The minimum atomic E-state index is -0.589. The molecule has 0 bridgehead atoms. The Labute approximate surface area is 227 Å². The van der Waals surface area contributed by atoms with Crippen molar-refractivity contribution in [2.75, 3.05) is 10.4 Å². The molecule has 0 spiro atoms. The van der Waals surface area contributed by atoms with E-state index in [1.807, 2.05) is 36.4 Å². The quantitative estimate of drug-likeness (QED) is 0.348. The summed E-state index contributed by atoms with van der Waals surface area (Å²) in [6, 6.07) is 25.1. The van der Waals surface area contributed by atoms with Gasteiger partial charge in [0.25, 0.3) is 11.1 Å². The van der Waals surface area contributed by atoms with Gasteiger partial charge in [0, 0.05) is 7.05 Å². The maximum Gasteiger partial charge on any atom is 0.303 e. The van der Waals surface area contributed by atoms with E-state index in [4.69, 9.17) is 0 Å². The molecule has 5 aromatic rings. The molecule has 0 saturated heterocycles. The monoisotopic (exact) mass is 532 g/mol. The molecule has 11 nitrogen and oxygen atoms in total. The molecule has 0 unspecified atom stereocenters. The predicted molar refractivity (Wildman–Crippen MR) is 155 cm³/mol. The summed E-state index contributed by atoms with van der Waals surface area (Å²) in [5, 5.41) is 10.2. The van der Waals surface area contributed by atoms with Crippen LogP contribution in [-0.2, 0) is 11.8 Å². The maximum atomic E-state index is 13.6. The van der Waals surface area contributed by atoms with Gasteiger partial charge in [0.05, 0.1) is 33.7 Å². The highest BCUT2D eigenvalue weighted by molar-refractivity contribution is 6.71. The molecule has 0 fully saturated rings. The molecule has 198 valence electrons. The molecule has 0 aliphatic carbocycles. The zero-order valence-electron chi connectivity index (χ0n) is 21.9. The number of hydrazone groups is 2. The Kier molecular flexibility index (Phi) is 5.95. The Bertz CT molecular complexity index is 1970. The van der Waals surface area contributed by atoms with Crippen molar-refractivity contribution < 1.29 is 4.79 Å². The van der Waals surface area contributed by atoms with E-state index in [-0.39, 0.29) is 28.5 Å². The minimum Gasteiger partial charge on any atom is -0.283 e. The van der Waals surface area contributed by atoms with E-state index in [1.165, 1.54) is 9.25 Å². The van der Waals surface area contributed by atoms with Crippen molar-refractivity contribution in [1.82, 2.24) is 18.9 Å². The van der Waals surface area contributed by atoms with Crippen molar-refractivity contribution in [2.24, 2.45) is 17.3 Å². The second-order valence-electron chi connectivity index (χ2n) is 9.22. The summed E-state index contributed by atoms with van der Waals surface area (Å²) in [7, 11) is 1.77. The molecule has 0 radical (unpaired) electrons. The van der Waals surface area contributed by atoms with E-state index in [1.54, 1.807) is 74.1 Å². The second kappa shape index (κ2) is 9.62. The molecule has 11 heteroatoms. The van der Waals surface area contributed by atoms with Crippen LogP contribution in [0.5, 0.6) is 0 Å². The van der Waals surface area contributed by atoms with Crippen LogP contribution in [0.25, 0.3) is 22.3 Å². The molecule has 2 aromatic heterocycles. The lowest BCUT2D eigenvalue weighted by Gasteiger charge is -2.17. The fraction of sp³-hybridized carbons (Fsp3) is 0.103. The average molecular weight is 533 g/mol. The highest BCUT2D eigenvalue weighted by Gasteiger charge is 2.34. The lowest BCUT2D eigenvalue weighted by molar-refractivity contribution is -0.112. The molecule has 1 N–H and O–H groups in total. The third kappa shape index (κ3) is 3.91. The van der Waals surface area contributed by atoms with Crippen LogP contribution in [0.3, 0.4) is 0 Å². The van der Waals surface area contributed by atoms with Gasteiger partial charge < -0.3 is 0 Å². The third-order valence-corrected chi connectivity index (χ3v) is 6.78. The van der Waals surface area contributed by atoms with Gasteiger partial charge in [-0.3, -0.25) is 24.5 Å². The number of carbonyl (C=O) groups excluding carboxylic acids is 1. The Balaban J connectivity index is 1.41. The zero-order chi connectivity index (χ0) is 28.0. The normalized spacial score (nSPS) is 14.3. The van der Waals surface area contributed by atoms with E-state index >= 15 is 0 Å². The first-order valence-corrected chi connectivity index (χ1v) is 12.5. The van der Waals surface area contributed by atoms with Crippen LogP contribution in [0.4, 0.5) is 11.6 Å². The molecule has 1 aliphatic heterocycles. The van der Waals surface area contributed by atoms with Crippen molar-refractivity contribution in [3.8, 4) is 11.4 Å². The fourth-order valence-electron chi connectivity index (χ4n) is 4.64. The van der Waals surface area contributed by atoms with Gasteiger partial charge in [0.15, 0.2) is 5.71 Å². The van der Waals surface area contributed by atoms with E-state index < -0.39 is 5.91 Å². The number of carbonyl (C=O) groups is 1. The Morgan fingerprint density at radius 3 is 2.10 bits per heavy atom. The minimum absolute atomic E-state index is 0.00377. The lowest BCUT2D eigenvalue weighted by Crippen LogP contribution is -2.34. The summed E-state index contributed by atoms with van der Waals surface area (Å²) in [4.78, 5) is 45.1. The molecule has 0 saturated carbocycles. The van der Waals surface area contributed by atoms with Crippen LogP contribution in [0.1, 0.15) is 12.6 Å². The van der Waals surface area contributed by atoms with Crippen molar-refractivity contribution in [3.05, 3.63) is 111 Å². The summed E-state index contributed by atoms with van der Waals surface area (Å²) in [6.45, 7) is 3.41. The topological polar surface area (TPSA) is 119 Å². The fourth-order valence-corrected chi connectivity index (χ4v) is 4.64. The average Bonchev–Trinajstić information content (AvgIpc) is 3.37. The molecule has 40 heavy (non-hydrogen) atoms. The summed E-state index contributed by atoms with van der Waals surface area (Å²) in [5.74, 6) is -0.555. The highest BCUT2D eigenvalue weighted by Crippen LogP contribution is 2.23. The van der Waals surface area contributed by atoms with E-state index in [2.05, 4.69) is 20.6 Å². The highest BCUT2D eigenvalue weighted by atomic mass is 16.2. The first-order chi connectivity index (χ1) is 19.4. The smallest absolute Gasteiger partial charge is 0.283 e. The Morgan fingerprint density at radius 2 is 1.40 bits per heavy atom. The summed E-state index contributed by atoms with van der Waals surface area (Å²) >= 11 is 0. The van der Waals surface area contributed by atoms with Crippen LogP contribution in [0.2, 0.25) is 0 Å². The first-order valence-electron chi connectivity index (χ1n) is 12.5. The van der Waals surface area contributed by atoms with Gasteiger partial charge in [0.2, 0.25) is 5.95 Å². The number of fused-ring (bicyclic) bond motifs is 1. The summed E-state index contributed by atoms with van der Waals surface area (Å²) < 4.78 is 4.58. The third-order valence-electron chi connectivity index (χ3n) is 6.78. The van der Waals surface area contributed by atoms with E-state index in [0.29, 0.717) is 33.7 Å². The largest absolute Gasteiger partial charge is 0.303 e. The van der Waals surface area contributed by atoms with E-state index in [0.717, 1.165) is 5.01 Å². The van der Waals surface area contributed by atoms with Crippen LogP contribution in [-0.4, -0.2) is 36.2 Å².